The van der Waals surface area contributed by atoms with Crippen molar-refractivity contribution in [3.8, 4) is 5.75 Å². The highest BCUT2D eigenvalue weighted by Crippen LogP contribution is 2.14. The molecule has 2 N–H and O–H groups in total. The fourth-order valence-electron chi connectivity index (χ4n) is 2.05. The molecule has 0 saturated carbocycles. The molecular weight excluding hydrogens is 349 g/mol. The van der Waals surface area contributed by atoms with Gasteiger partial charge in [-0.1, -0.05) is 46.3 Å². The summed E-state index contributed by atoms with van der Waals surface area (Å²) in [6.45, 7) is 0.489. The van der Waals surface area contributed by atoms with Crippen molar-refractivity contribution < 1.29 is 14.3 Å². The van der Waals surface area contributed by atoms with Crippen molar-refractivity contribution in [2.24, 2.45) is 0 Å². The number of carbonyl (C=O) groups excluding carboxylic acids is 1. The molecule has 3 nitrogen and oxygen atoms in total. The second kappa shape index (κ2) is 7.94. The number of rotatable bonds is 6. The number of halogens is 2. The molecule has 0 aromatic heterocycles. The van der Waals surface area contributed by atoms with E-state index in [9.17, 15) is 14.3 Å². The summed E-state index contributed by atoms with van der Waals surface area (Å²) in [5.74, 6) is -0.246. The third-order valence-electron chi connectivity index (χ3n) is 3.29. The van der Waals surface area contributed by atoms with Gasteiger partial charge in [0.15, 0.2) is 0 Å². The van der Waals surface area contributed by atoms with Crippen LogP contribution in [-0.2, 0) is 17.6 Å². The lowest BCUT2D eigenvalue weighted by Gasteiger charge is -2.11. The quantitative estimate of drug-likeness (QED) is 0.772. The average molecular weight is 366 g/mol. The Kier molecular flexibility index (Phi) is 5.95. The molecule has 0 fully saturated rings. The van der Waals surface area contributed by atoms with Crippen molar-refractivity contribution in [1.82, 2.24) is 5.32 Å². The molecule has 0 radical (unpaired) electrons. The van der Waals surface area contributed by atoms with Crippen molar-refractivity contribution in [2.45, 2.75) is 17.7 Å². The van der Waals surface area contributed by atoms with E-state index in [1.807, 2.05) is 12.1 Å². The monoisotopic (exact) mass is 365 g/mol. The van der Waals surface area contributed by atoms with Crippen LogP contribution >= 0.6 is 15.9 Å². The third-order valence-corrected chi connectivity index (χ3v) is 4.03. The van der Waals surface area contributed by atoms with Crippen LogP contribution in [0.2, 0.25) is 0 Å². The number of nitrogens with one attached hydrogen (secondary N) is 1. The van der Waals surface area contributed by atoms with E-state index in [1.165, 1.54) is 6.07 Å². The molecule has 0 heterocycles. The highest BCUT2D eigenvalue weighted by atomic mass is 79.9. The van der Waals surface area contributed by atoms with Crippen LogP contribution in [-0.4, -0.2) is 22.4 Å². The summed E-state index contributed by atoms with van der Waals surface area (Å²) in [7, 11) is 0. The van der Waals surface area contributed by atoms with Crippen molar-refractivity contribution in [1.29, 1.82) is 0 Å². The van der Waals surface area contributed by atoms with Gasteiger partial charge in [0.1, 0.15) is 11.6 Å². The van der Waals surface area contributed by atoms with E-state index in [0.29, 0.717) is 24.9 Å². The fraction of sp³-hybridized carbons (Fsp3) is 0.235. The Hall–Kier alpha value is -1.88. The van der Waals surface area contributed by atoms with Crippen molar-refractivity contribution in [3.05, 3.63) is 65.5 Å². The molecule has 0 saturated heterocycles. The summed E-state index contributed by atoms with van der Waals surface area (Å²) in [4.78, 5) is 11.5. The molecule has 0 aliphatic heterocycles. The van der Waals surface area contributed by atoms with Crippen LogP contribution < -0.4 is 5.32 Å². The molecule has 1 amide bonds. The highest BCUT2D eigenvalue weighted by Gasteiger charge is 2.16. The maximum Gasteiger partial charge on any atom is 0.234 e. The Balaban J connectivity index is 1.79. The first-order chi connectivity index (χ1) is 10.6. The normalized spacial score (nSPS) is 11.9. The number of benzene rings is 2. The number of hydrogen-bond donors (Lipinski definition) is 2. The first kappa shape index (κ1) is 16.5. The summed E-state index contributed by atoms with van der Waals surface area (Å²) in [5, 5.41) is 12.0. The molecule has 2 aromatic rings. The summed E-state index contributed by atoms with van der Waals surface area (Å²) >= 11 is 3.30. The molecule has 116 valence electrons. The minimum atomic E-state index is -0.468. The van der Waals surface area contributed by atoms with Gasteiger partial charge in [0, 0.05) is 6.54 Å². The van der Waals surface area contributed by atoms with Gasteiger partial charge in [0.2, 0.25) is 5.91 Å². The second-order valence-electron chi connectivity index (χ2n) is 4.97. The van der Waals surface area contributed by atoms with E-state index in [1.54, 1.807) is 30.3 Å². The lowest BCUT2D eigenvalue weighted by Crippen LogP contribution is -2.33. The first-order valence-electron chi connectivity index (χ1n) is 6.99. The second-order valence-corrected chi connectivity index (χ2v) is 6.08. The largest absolute Gasteiger partial charge is 0.508 e. The van der Waals surface area contributed by atoms with Gasteiger partial charge in [-0.15, -0.1) is 0 Å². The Morgan fingerprint density at radius 1 is 1.18 bits per heavy atom. The van der Waals surface area contributed by atoms with E-state index in [0.717, 1.165) is 5.56 Å². The van der Waals surface area contributed by atoms with E-state index in [-0.39, 0.29) is 17.5 Å². The van der Waals surface area contributed by atoms with E-state index in [2.05, 4.69) is 21.2 Å². The number of phenolic OH excluding ortho intramolecular Hbond substituents is 1. The lowest BCUT2D eigenvalue weighted by atomic mass is 10.1. The molecule has 1 atom stereocenters. The molecule has 0 bridgehead atoms. The Bertz CT molecular complexity index is 631. The molecule has 0 spiro atoms. The molecular formula is C17H17BrFNO2. The molecule has 22 heavy (non-hydrogen) atoms. The molecule has 0 aliphatic carbocycles. The highest BCUT2D eigenvalue weighted by molar-refractivity contribution is 9.10. The predicted octanol–water partition coefficient (Wildman–Crippen LogP) is 3.20. The van der Waals surface area contributed by atoms with Crippen LogP contribution in [0.25, 0.3) is 0 Å². The van der Waals surface area contributed by atoms with Crippen molar-refractivity contribution >= 4 is 21.8 Å². The van der Waals surface area contributed by atoms with Gasteiger partial charge in [0.05, 0.1) is 4.83 Å². The Labute approximate surface area is 137 Å². The molecule has 1 unspecified atom stereocenters. The Morgan fingerprint density at radius 2 is 1.86 bits per heavy atom. The molecule has 0 aliphatic rings. The third kappa shape index (κ3) is 4.84. The van der Waals surface area contributed by atoms with Crippen molar-refractivity contribution in [3.63, 3.8) is 0 Å². The van der Waals surface area contributed by atoms with Crippen LogP contribution in [0.3, 0.4) is 0 Å². The van der Waals surface area contributed by atoms with Gasteiger partial charge in [-0.05, 0) is 42.2 Å². The number of alkyl halides is 1. The zero-order valence-electron chi connectivity index (χ0n) is 11.9. The van der Waals surface area contributed by atoms with Gasteiger partial charge < -0.3 is 10.4 Å². The molecule has 2 aromatic carbocycles. The van der Waals surface area contributed by atoms with Crippen LogP contribution in [0, 0.1) is 5.82 Å². The molecule has 2 rings (SSSR count). The minimum Gasteiger partial charge on any atom is -0.508 e. The van der Waals surface area contributed by atoms with Crippen LogP contribution in [0.15, 0.2) is 48.5 Å². The van der Waals surface area contributed by atoms with Gasteiger partial charge in [0.25, 0.3) is 0 Å². The zero-order chi connectivity index (χ0) is 15.9. The smallest absolute Gasteiger partial charge is 0.234 e. The summed E-state index contributed by atoms with van der Waals surface area (Å²) < 4.78 is 13.5. The first-order valence-corrected chi connectivity index (χ1v) is 7.91. The number of amides is 1. The number of phenols is 1. The van der Waals surface area contributed by atoms with E-state index in [4.69, 9.17) is 0 Å². The van der Waals surface area contributed by atoms with E-state index >= 15 is 0 Å². The zero-order valence-corrected chi connectivity index (χ0v) is 13.5. The SMILES string of the molecule is O=C(NCCc1ccc(O)cc1)C(Br)Cc1ccccc1F. The topological polar surface area (TPSA) is 49.3 Å². The maximum atomic E-state index is 13.5. The number of aromatic hydroxyl groups is 1. The van der Waals surface area contributed by atoms with Crippen LogP contribution in [0.5, 0.6) is 5.75 Å². The van der Waals surface area contributed by atoms with Gasteiger partial charge in [-0.3, -0.25) is 4.79 Å². The van der Waals surface area contributed by atoms with E-state index < -0.39 is 4.83 Å². The molecule has 5 heteroatoms. The summed E-state index contributed by atoms with van der Waals surface area (Å²) in [6.07, 6.45) is 0.975. The number of carbonyl (C=O) groups is 1. The lowest BCUT2D eigenvalue weighted by molar-refractivity contribution is -0.120. The van der Waals surface area contributed by atoms with Gasteiger partial charge in [-0.2, -0.15) is 0 Å². The minimum absolute atomic E-state index is 0.165. The Morgan fingerprint density at radius 3 is 2.55 bits per heavy atom. The average Bonchev–Trinajstić information content (AvgIpc) is 2.51. The number of hydrogen-bond acceptors (Lipinski definition) is 2. The van der Waals surface area contributed by atoms with Gasteiger partial charge >= 0.3 is 0 Å². The van der Waals surface area contributed by atoms with Crippen molar-refractivity contribution in [2.75, 3.05) is 6.54 Å². The predicted molar refractivity (Wildman–Crippen MR) is 87.6 cm³/mol. The summed E-state index contributed by atoms with van der Waals surface area (Å²) in [5.41, 5.74) is 1.54. The van der Waals surface area contributed by atoms with Crippen LogP contribution in [0.4, 0.5) is 4.39 Å². The van der Waals surface area contributed by atoms with Crippen LogP contribution in [0.1, 0.15) is 11.1 Å². The standard InChI is InChI=1S/C17H17BrFNO2/c18-15(11-13-3-1-2-4-16(13)19)17(22)20-10-9-12-5-7-14(21)8-6-12/h1-8,15,21H,9-11H2,(H,20,22). The van der Waals surface area contributed by atoms with Gasteiger partial charge in [-0.25, -0.2) is 4.39 Å². The fourth-order valence-corrected chi connectivity index (χ4v) is 2.56. The summed E-state index contributed by atoms with van der Waals surface area (Å²) in [6, 6.07) is 13.3. The maximum absolute atomic E-state index is 13.5.